The summed E-state index contributed by atoms with van der Waals surface area (Å²) in [6.07, 6.45) is 2.25. The standard InChI is InChI=1S/C15H19N3OS/c1-3-10(2)20-9-14-17-15(19-18-14)12-5-4-11-6-7-16-13(11)8-12/h4-5,8,10,16H,3,6-7,9H2,1-2H3. The molecule has 0 saturated heterocycles. The Labute approximate surface area is 123 Å². The molecule has 1 aliphatic rings. The minimum Gasteiger partial charge on any atom is -0.384 e. The van der Waals surface area contributed by atoms with E-state index in [0.29, 0.717) is 11.1 Å². The van der Waals surface area contributed by atoms with Gasteiger partial charge in [-0.15, -0.1) is 0 Å². The van der Waals surface area contributed by atoms with Crippen LogP contribution in [-0.2, 0) is 12.2 Å². The van der Waals surface area contributed by atoms with E-state index in [1.54, 1.807) is 0 Å². The lowest BCUT2D eigenvalue weighted by atomic mass is 10.1. The van der Waals surface area contributed by atoms with Crippen LogP contribution in [-0.4, -0.2) is 21.9 Å². The number of aromatic nitrogens is 2. The Morgan fingerprint density at radius 2 is 2.35 bits per heavy atom. The van der Waals surface area contributed by atoms with E-state index in [0.717, 1.165) is 36.5 Å². The summed E-state index contributed by atoms with van der Waals surface area (Å²) >= 11 is 1.86. The third kappa shape index (κ3) is 2.82. The lowest BCUT2D eigenvalue weighted by Gasteiger charge is -2.04. The van der Waals surface area contributed by atoms with E-state index in [9.17, 15) is 0 Å². The molecular formula is C15H19N3OS. The van der Waals surface area contributed by atoms with Crippen molar-refractivity contribution in [2.24, 2.45) is 0 Å². The molecule has 20 heavy (non-hydrogen) atoms. The molecule has 0 aliphatic carbocycles. The molecule has 0 amide bonds. The lowest BCUT2D eigenvalue weighted by Crippen LogP contribution is -1.94. The van der Waals surface area contributed by atoms with Gasteiger partial charge in [-0.3, -0.25) is 0 Å². The predicted molar refractivity (Wildman–Crippen MR) is 83.0 cm³/mol. The van der Waals surface area contributed by atoms with E-state index >= 15 is 0 Å². The predicted octanol–water partition coefficient (Wildman–Crippen LogP) is 3.74. The fraction of sp³-hybridized carbons (Fsp3) is 0.467. The monoisotopic (exact) mass is 289 g/mol. The number of benzene rings is 1. The Hall–Kier alpha value is -1.49. The highest BCUT2D eigenvalue weighted by molar-refractivity contribution is 7.99. The summed E-state index contributed by atoms with van der Waals surface area (Å²) in [6.45, 7) is 5.42. The van der Waals surface area contributed by atoms with Crippen molar-refractivity contribution in [2.75, 3.05) is 11.9 Å². The number of rotatable bonds is 5. The highest BCUT2D eigenvalue weighted by Gasteiger charge is 2.14. The third-order valence-electron chi connectivity index (χ3n) is 3.61. The molecule has 0 bridgehead atoms. The van der Waals surface area contributed by atoms with E-state index in [-0.39, 0.29) is 0 Å². The summed E-state index contributed by atoms with van der Waals surface area (Å²) < 4.78 is 5.37. The van der Waals surface area contributed by atoms with Gasteiger partial charge in [-0.25, -0.2) is 0 Å². The van der Waals surface area contributed by atoms with Gasteiger partial charge in [0.1, 0.15) is 0 Å². The van der Waals surface area contributed by atoms with Crippen molar-refractivity contribution >= 4 is 17.4 Å². The molecule has 1 N–H and O–H groups in total. The molecule has 1 aromatic carbocycles. The van der Waals surface area contributed by atoms with E-state index < -0.39 is 0 Å². The van der Waals surface area contributed by atoms with Gasteiger partial charge in [0.15, 0.2) is 5.82 Å². The van der Waals surface area contributed by atoms with Crippen LogP contribution in [0.15, 0.2) is 22.7 Å². The first-order valence-corrected chi connectivity index (χ1v) is 8.12. The molecule has 0 spiro atoms. The Bertz CT molecular complexity index is 597. The van der Waals surface area contributed by atoms with Crippen LogP contribution in [0, 0.1) is 0 Å². The van der Waals surface area contributed by atoms with Crippen molar-refractivity contribution < 1.29 is 4.52 Å². The van der Waals surface area contributed by atoms with Gasteiger partial charge in [0, 0.05) is 23.0 Å². The normalized spacial score (nSPS) is 14.9. The molecule has 5 heteroatoms. The number of hydrogen-bond donors (Lipinski definition) is 1. The second-order valence-electron chi connectivity index (χ2n) is 5.09. The fourth-order valence-electron chi connectivity index (χ4n) is 2.19. The van der Waals surface area contributed by atoms with Crippen molar-refractivity contribution in [1.29, 1.82) is 0 Å². The first kappa shape index (κ1) is 13.5. The number of fused-ring (bicyclic) bond motifs is 1. The minimum absolute atomic E-state index is 0.612. The quantitative estimate of drug-likeness (QED) is 0.908. The van der Waals surface area contributed by atoms with Gasteiger partial charge in [0.2, 0.25) is 0 Å². The summed E-state index contributed by atoms with van der Waals surface area (Å²) in [5.41, 5.74) is 3.54. The van der Waals surface area contributed by atoms with Gasteiger partial charge in [-0.05, 0) is 30.5 Å². The number of hydrogen-bond acceptors (Lipinski definition) is 5. The van der Waals surface area contributed by atoms with Crippen LogP contribution in [0.1, 0.15) is 31.7 Å². The van der Waals surface area contributed by atoms with Gasteiger partial charge < -0.3 is 9.84 Å². The molecule has 0 saturated carbocycles. The Morgan fingerprint density at radius 3 is 3.20 bits per heavy atom. The Balaban J connectivity index is 1.73. The Kier molecular flexibility index (Phi) is 3.96. The highest BCUT2D eigenvalue weighted by atomic mass is 32.2. The second kappa shape index (κ2) is 5.87. The molecule has 2 aromatic rings. The van der Waals surface area contributed by atoms with Crippen molar-refractivity contribution in [3.63, 3.8) is 0 Å². The fourth-order valence-corrected chi connectivity index (χ4v) is 2.97. The molecule has 3 rings (SSSR count). The van der Waals surface area contributed by atoms with E-state index in [4.69, 9.17) is 4.52 Å². The summed E-state index contributed by atoms with van der Waals surface area (Å²) in [4.78, 5) is 4.49. The zero-order valence-electron chi connectivity index (χ0n) is 11.8. The smallest absolute Gasteiger partial charge is 0.258 e. The highest BCUT2D eigenvalue weighted by Crippen LogP contribution is 2.28. The van der Waals surface area contributed by atoms with Crippen LogP contribution >= 0.6 is 11.8 Å². The molecule has 106 valence electrons. The zero-order valence-corrected chi connectivity index (χ0v) is 12.7. The van der Waals surface area contributed by atoms with E-state index in [1.807, 2.05) is 11.8 Å². The maximum Gasteiger partial charge on any atom is 0.258 e. The Morgan fingerprint density at radius 1 is 1.45 bits per heavy atom. The third-order valence-corrected chi connectivity index (χ3v) is 4.93. The molecule has 0 fully saturated rings. The van der Waals surface area contributed by atoms with Crippen LogP contribution in [0.2, 0.25) is 0 Å². The van der Waals surface area contributed by atoms with Crippen molar-refractivity contribution in [3.05, 3.63) is 29.6 Å². The van der Waals surface area contributed by atoms with Crippen LogP contribution in [0.5, 0.6) is 0 Å². The largest absolute Gasteiger partial charge is 0.384 e. The molecule has 0 radical (unpaired) electrons. The average molecular weight is 289 g/mol. The first-order chi connectivity index (χ1) is 9.76. The van der Waals surface area contributed by atoms with Crippen LogP contribution in [0.3, 0.4) is 0 Å². The summed E-state index contributed by atoms with van der Waals surface area (Å²) in [5.74, 6) is 2.20. The summed E-state index contributed by atoms with van der Waals surface area (Å²) in [5, 5.41) is 8.06. The van der Waals surface area contributed by atoms with Gasteiger partial charge >= 0.3 is 0 Å². The second-order valence-corrected chi connectivity index (χ2v) is 6.52. The molecule has 2 heterocycles. The lowest BCUT2D eigenvalue weighted by molar-refractivity contribution is 0.425. The molecular weight excluding hydrogens is 270 g/mol. The van der Waals surface area contributed by atoms with Crippen LogP contribution in [0.4, 0.5) is 5.69 Å². The number of thioether (sulfide) groups is 1. The maximum atomic E-state index is 5.37. The zero-order chi connectivity index (χ0) is 13.9. The SMILES string of the molecule is CCC(C)SCc1noc(-c2ccc3c(c2)NCC3)n1. The van der Waals surface area contributed by atoms with Crippen LogP contribution < -0.4 is 5.32 Å². The van der Waals surface area contributed by atoms with Crippen molar-refractivity contribution in [2.45, 2.75) is 37.7 Å². The average Bonchev–Trinajstić information content (AvgIpc) is 3.12. The number of nitrogens with zero attached hydrogens (tertiary/aromatic N) is 2. The van der Waals surface area contributed by atoms with Crippen LogP contribution in [0.25, 0.3) is 11.5 Å². The molecule has 4 nitrogen and oxygen atoms in total. The maximum absolute atomic E-state index is 5.37. The summed E-state index contributed by atoms with van der Waals surface area (Å²) in [6, 6.07) is 6.30. The summed E-state index contributed by atoms with van der Waals surface area (Å²) in [7, 11) is 0. The minimum atomic E-state index is 0.612. The van der Waals surface area contributed by atoms with E-state index in [2.05, 4.69) is 47.5 Å². The van der Waals surface area contributed by atoms with Crippen molar-refractivity contribution in [1.82, 2.24) is 10.1 Å². The van der Waals surface area contributed by atoms with Crippen molar-refractivity contribution in [3.8, 4) is 11.5 Å². The van der Waals surface area contributed by atoms with Gasteiger partial charge in [-0.1, -0.05) is 25.1 Å². The number of anilines is 1. The van der Waals surface area contributed by atoms with Gasteiger partial charge in [0.25, 0.3) is 5.89 Å². The number of nitrogens with one attached hydrogen (secondary N) is 1. The van der Waals surface area contributed by atoms with Gasteiger partial charge in [0.05, 0.1) is 5.75 Å². The van der Waals surface area contributed by atoms with E-state index in [1.165, 1.54) is 11.3 Å². The van der Waals surface area contributed by atoms with Gasteiger partial charge in [-0.2, -0.15) is 16.7 Å². The topological polar surface area (TPSA) is 51.0 Å². The first-order valence-electron chi connectivity index (χ1n) is 7.07. The molecule has 1 aromatic heterocycles. The molecule has 1 atom stereocenters. The molecule has 1 aliphatic heterocycles. The molecule has 1 unspecified atom stereocenters.